The standard InChI is InChI=1S/C20H24F2N2O3S2/c1-14-5-4-6-16(11-14)13-28-10-9-23-20(25)15(2)24(29(3,26)27)17-7-8-18(21)19(22)12-17/h4-8,11-12,15H,9-10,13H2,1-3H3,(H,23,25). The van der Waals surface area contributed by atoms with Crippen LogP contribution < -0.4 is 9.62 Å². The highest BCUT2D eigenvalue weighted by molar-refractivity contribution is 7.98. The molecule has 0 saturated carbocycles. The Bertz CT molecular complexity index is 968. The van der Waals surface area contributed by atoms with Crippen molar-refractivity contribution in [1.29, 1.82) is 0 Å². The van der Waals surface area contributed by atoms with Crippen molar-refractivity contribution in [3.8, 4) is 0 Å². The summed E-state index contributed by atoms with van der Waals surface area (Å²) in [5, 5.41) is 2.69. The summed E-state index contributed by atoms with van der Waals surface area (Å²) in [6.45, 7) is 3.78. The number of nitrogens with one attached hydrogen (secondary N) is 1. The highest BCUT2D eigenvalue weighted by Gasteiger charge is 2.29. The number of carbonyl (C=O) groups excluding carboxylic acids is 1. The lowest BCUT2D eigenvalue weighted by molar-refractivity contribution is -0.121. The number of aryl methyl sites for hydroxylation is 1. The molecular weight excluding hydrogens is 418 g/mol. The van der Waals surface area contributed by atoms with Crippen molar-refractivity contribution in [2.24, 2.45) is 0 Å². The molecule has 0 radical (unpaired) electrons. The van der Waals surface area contributed by atoms with Gasteiger partial charge in [0.15, 0.2) is 11.6 Å². The van der Waals surface area contributed by atoms with E-state index in [1.165, 1.54) is 18.1 Å². The average Bonchev–Trinajstić information content (AvgIpc) is 2.63. The van der Waals surface area contributed by atoms with Crippen LogP contribution in [0.15, 0.2) is 42.5 Å². The van der Waals surface area contributed by atoms with Gasteiger partial charge < -0.3 is 5.32 Å². The van der Waals surface area contributed by atoms with Gasteiger partial charge in [-0.25, -0.2) is 17.2 Å². The van der Waals surface area contributed by atoms with Gasteiger partial charge in [-0.2, -0.15) is 11.8 Å². The second-order valence-corrected chi connectivity index (χ2v) is 9.63. The predicted molar refractivity (Wildman–Crippen MR) is 113 cm³/mol. The largest absolute Gasteiger partial charge is 0.353 e. The van der Waals surface area contributed by atoms with Gasteiger partial charge in [-0.15, -0.1) is 0 Å². The van der Waals surface area contributed by atoms with E-state index in [0.29, 0.717) is 12.3 Å². The molecule has 1 amide bonds. The van der Waals surface area contributed by atoms with Gasteiger partial charge in [-0.05, 0) is 31.5 Å². The molecule has 0 heterocycles. The third kappa shape index (κ3) is 6.71. The SMILES string of the molecule is Cc1cccc(CSCCNC(=O)C(C)N(c2ccc(F)c(F)c2)S(C)(=O)=O)c1. The van der Waals surface area contributed by atoms with E-state index in [-0.39, 0.29) is 5.69 Å². The Balaban J connectivity index is 1.94. The van der Waals surface area contributed by atoms with E-state index in [2.05, 4.69) is 11.4 Å². The van der Waals surface area contributed by atoms with E-state index < -0.39 is 33.6 Å². The normalized spacial score (nSPS) is 12.4. The maximum atomic E-state index is 13.5. The third-order valence-electron chi connectivity index (χ3n) is 4.14. The minimum Gasteiger partial charge on any atom is -0.353 e. The summed E-state index contributed by atoms with van der Waals surface area (Å²) in [5.74, 6) is -1.34. The number of amides is 1. The lowest BCUT2D eigenvalue weighted by Crippen LogP contribution is -2.48. The first-order chi connectivity index (χ1) is 13.6. The molecule has 5 nitrogen and oxygen atoms in total. The molecule has 0 bridgehead atoms. The number of hydrogen-bond acceptors (Lipinski definition) is 4. The number of rotatable bonds is 9. The molecule has 2 aromatic carbocycles. The number of carbonyl (C=O) groups is 1. The Morgan fingerprint density at radius 1 is 1.17 bits per heavy atom. The molecule has 1 unspecified atom stereocenters. The summed E-state index contributed by atoms with van der Waals surface area (Å²) in [6.07, 6.45) is 0.912. The zero-order valence-electron chi connectivity index (χ0n) is 16.5. The van der Waals surface area contributed by atoms with Crippen LogP contribution in [0.25, 0.3) is 0 Å². The summed E-state index contributed by atoms with van der Waals surface area (Å²) in [4.78, 5) is 12.4. The van der Waals surface area contributed by atoms with Crippen LogP contribution in [0.3, 0.4) is 0 Å². The van der Waals surface area contributed by atoms with Gasteiger partial charge in [0, 0.05) is 24.1 Å². The first-order valence-corrected chi connectivity index (χ1v) is 12.0. The number of halogens is 2. The predicted octanol–water partition coefficient (Wildman–Crippen LogP) is 3.48. The Kier molecular flexibility index (Phi) is 8.04. The molecule has 0 aliphatic heterocycles. The van der Waals surface area contributed by atoms with Crippen LogP contribution in [-0.2, 0) is 20.6 Å². The molecule has 9 heteroatoms. The van der Waals surface area contributed by atoms with Crippen molar-refractivity contribution in [2.45, 2.75) is 25.6 Å². The molecule has 0 fully saturated rings. The van der Waals surface area contributed by atoms with Crippen LogP contribution in [0.4, 0.5) is 14.5 Å². The molecule has 2 rings (SSSR count). The lowest BCUT2D eigenvalue weighted by Gasteiger charge is -2.28. The number of hydrogen-bond donors (Lipinski definition) is 1. The molecule has 0 aliphatic rings. The molecule has 0 saturated heterocycles. The van der Waals surface area contributed by atoms with E-state index in [1.807, 2.05) is 25.1 Å². The summed E-state index contributed by atoms with van der Waals surface area (Å²) >= 11 is 1.64. The van der Waals surface area contributed by atoms with Gasteiger partial charge in [0.2, 0.25) is 15.9 Å². The van der Waals surface area contributed by atoms with E-state index in [1.54, 1.807) is 11.8 Å². The number of nitrogens with zero attached hydrogens (tertiary/aromatic N) is 1. The van der Waals surface area contributed by atoms with Gasteiger partial charge >= 0.3 is 0 Å². The van der Waals surface area contributed by atoms with Gasteiger partial charge in [0.05, 0.1) is 11.9 Å². The summed E-state index contributed by atoms with van der Waals surface area (Å²) in [7, 11) is -3.89. The molecular formula is C20H24F2N2O3S2. The molecule has 29 heavy (non-hydrogen) atoms. The minimum absolute atomic E-state index is 0.108. The maximum absolute atomic E-state index is 13.5. The van der Waals surface area contributed by atoms with Crippen molar-refractivity contribution < 1.29 is 22.0 Å². The van der Waals surface area contributed by atoms with Crippen LogP contribution in [0.2, 0.25) is 0 Å². The molecule has 1 atom stereocenters. The first kappa shape index (κ1) is 23.2. The molecule has 1 N–H and O–H groups in total. The van der Waals surface area contributed by atoms with E-state index >= 15 is 0 Å². The molecule has 158 valence electrons. The summed E-state index contributed by atoms with van der Waals surface area (Å²) in [5.41, 5.74) is 2.27. The van der Waals surface area contributed by atoms with E-state index in [0.717, 1.165) is 34.5 Å². The summed E-state index contributed by atoms with van der Waals surface area (Å²) < 4.78 is 51.8. The molecule has 0 aromatic heterocycles. The van der Waals surface area contributed by atoms with Crippen molar-refractivity contribution in [1.82, 2.24) is 5.32 Å². The lowest BCUT2D eigenvalue weighted by atomic mass is 10.2. The number of thioether (sulfide) groups is 1. The van der Waals surface area contributed by atoms with Gasteiger partial charge in [0.25, 0.3) is 0 Å². The fraction of sp³-hybridized carbons (Fsp3) is 0.350. The monoisotopic (exact) mass is 442 g/mol. The number of benzene rings is 2. The third-order valence-corrected chi connectivity index (χ3v) is 6.41. The first-order valence-electron chi connectivity index (χ1n) is 8.95. The average molecular weight is 443 g/mol. The van der Waals surface area contributed by atoms with Gasteiger partial charge in [-0.3, -0.25) is 9.10 Å². The Morgan fingerprint density at radius 3 is 2.52 bits per heavy atom. The molecule has 0 aliphatic carbocycles. The number of sulfonamides is 1. The van der Waals surface area contributed by atoms with E-state index in [9.17, 15) is 22.0 Å². The van der Waals surface area contributed by atoms with Crippen LogP contribution >= 0.6 is 11.8 Å². The highest BCUT2D eigenvalue weighted by Crippen LogP contribution is 2.23. The van der Waals surface area contributed by atoms with Crippen molar-refractivity contribution in [3.63, 3.8) is 0 Å². The van der Waals surface area contributed by atoms with Gasteiger partial charge in [-0.1, -0.05) is 29.8 Å². The van der Waals surface area contributed by atoms with Crippen LogP contribution in [0.5, 0.6) is 0 Å². The topological polar surface area (TPSA) is 66.5 Å². The van der Waals surface area contributed by atoms with Crippen molar-refractivity contribution in [3.05, 3.63) is 65.2 Å². The fourth-order valence-electron chi connectivity index (χ4n) is 2.82. The maximum Gasteiger partial charge on any atom is 0.243 e. The van der Waals surface area contributed by atoms with Crippen molar-refractivity contribution in [2.75, 3.05) is 22.9 Å². The van der Waals surface area contributed by atoms with Crippen LogP contribution in [0, 0.1) is 18.6 Å². The van der Waals surface area contributed by atoms with Crippen molar-refractivity contribution >= 4 is 33.4 Å². The molecule has 0 spiro atoms. The van der Waals surface area contributed by atoms with Crippen LogP contribution in [0.1, 0.15) is 18.1 Å². The number of anilines is 1. The molecule has 2 aromatic rings. The zero-order chi connectivity index (χ0) is 21.6. The Hall–Kier alpha value is -2.13. The van der Waals surface area contributed by atoms with Gasteiger partial charge in [0.1, 0.15) is 6.04 Å². The highest BCUT2D eigenvalue weighted by atomic mass is 32.2. The zero-order valence-corrected chi connectivity index (χ0v) is 18.1. The Morgan fingerprint density at radius 2 is 1.90 bits per heavy atom. The second kappa shape index (κ2) is 10.1. The fourth-order valence-corrected chi connectivity index (χ4v) is 4.79. The van der Waals surface area contributed by atoms with Crippen LogP contribution in [-0.4, -0.2) is 38.9 Å². The quantitative estimate of drug-likeness (QED) is 0.604. The Labute approximate surface area is 174 Å². The minimum atomic E-state index is -3.89. The second-order valence-electron chi connectivity index (χ2n) is 6.67. The van der Waals surface area contributed by atoms with E-state index in [4.69, 9.17) is 0 Å². The smallest absolute Gasteiger partial charge is 0.243 e. The summed E-state index contributed by atoms with van der Waals surface area (Å²) in [6, 6.07) is 9.75.